The Hall–Kier alpha value is -3.27. The molecule has 1 aromatic carbocycles. The summed E-state index contributed by atoms with van der Waals surface area (Å²) in [5.74, 6) is 0.474. The lowest BCUT2D eigenvalue weighted by Crippen LogP contribution is -2.00. The quantitative estimate of drug-likeness (QED) is 0.533. The topological polar surface area (TPSA) is 96.9 Å². The van der Waals surface area contributed by atoms with E-state index in [0.717, 1.165) is 11.1 Å². The molecule has 3 aromatic heterocycles. The molecule has 29 heavy (non-hydrogen) atoms. The van der Waals surface area contributed by atoms with Crippen LogP contribution in [0, 0.1) is 4.78 Å². The van der Waals surface area contributed by atoms with Gasteiger partial charge in [0.25, 0.3) is 6.43 Å². The monoisotopic (exact) mass is 414 g/mol. The number of aromatic nitrogens is 5. The van der Waals surface area contributed by atoms with E-state index in [1.807, 2.05) is 24.3 Å². The number of halogens is 2. The number of fused-ring (bicyclic) bond motifs is 1. The predicted molar refractivity (Wildman–Crippen MR) is 105 cm³/mol. The van der Waals surface area contributed by atoms with E-state index in [2.05, 4.69) is 19.9 Å². The highest BCUT2D eigenvalue weighted by atomic mass is 32.2. The second-order valence-corrected chi connectivity index (χ2v) is 8.90. The van der Waals surface area contributed by atoms with Gasteiger partial charge in [0.15, 0.2) is 11.5 Å². The predicted octanol–water partition coefficient (Wildman–Crippen LogP) is 3.97. The summed E-state index contributed by atoms with van der Waals surface area (Å²) >= 11 is 0. The number of benzene rings is 1. The van der Waals surface area contributed by atoms with E-state index in [4.69, 9.17) is 4.78 Å². The number of nitrogens with zero attached hydrogens (tertiary/aromatic N) is 5. The van der Waals surface area contributed by atoms with Crippen LogP contribution in [0.15, 0.2) is 55.1 Å². The van der Waals surface area contributed by atoms with Crippen LogP contribution in [-0.2, 0) is 15.5 Å². The van der Waals surface area contributed by atoms with Crippen LogP contribution >= 0.6 is 0 Å². The molecule has 0 amide bonds. The van der Waals surface area contributed by atoms with Crippen molar-refractivity contribution in [3.63, 3.8) is 0 Å². The zero-order chi connectivity index (χ0) is 20.6. The molecule has 4 aromatic rings. The zero-order valence-electron chi connectivity index (χ0n) is 15.3. The van der Waals surface area contributed by atoms with Gasteiger partial charge < -0.3 is 0 Å². The first-order chi connectivity index (χ1) is 13.8. The van der Waals surface area contributed by atoms with Gasteiger partial charge in [-0.3, -0.25) is 9.18 Å². The normalized spacial score (nSPS) is 13.7. The number of hydrogen-bond acceptors (Lipinski definition) is 6. The lowest BCUT2D eigenvalue weighted by molar-refractivity contribution is 0.145. The average molecular weight is 414 g/mol. The lowest BCUT2D eigenvalue weighted by Gasteiger charge is -2.07. The van der Waals surface area contributed by atoms with Crippen LogP contribution in [0.3, 0.4) is 0 Å². The van der Waals surface area contributed by atoms with Crippen LogP contribution in [-0.4, -0.2) is 34.8 Å². The summed E-state index contributed by atoms with van der Waals surface area (Å²) in [4.78, 5) is 16.7. The van der Waals surface area contributed by atoms with Gasteiger partial charge in [0, 0.05) is 33.9 Å². The van der Waals surface area contributed by atoms with Gasteiger partial charge in [0.1, 0.15) is 11.4 Å². The fraction of sp³-hybridized carbons (Fsp3) is 0.158. The van der Waals surface area contributed by atoms with Crippen molar-refractivity contribution in [1.29, 1.82) is 4.78 Å². The van der Waals surface area contributed by atoms with E-state index in [-0.39, 0.29) is 11.4 Å². The SMILES string of the molecule is CS(=N)(=O)Cc1cccc(-c2ccnc(-c3cnc4cnc(C(F)F)cn34)n2)c1. The number of rotatable bonds is 5. The van der Waals surface area contributed by atoms with Crippen molar-refractivity contribution in [3.05, 3.63) is 66.4 Å². The molecule has 0 aliphatic carbocycles. The maximum Gasteiger partial charge on any atom is 0.281 e. The Morgan fingerprint density at radius 1 is 1.17 bits per heavy atom. The fourth-order valence-electron chi connectivity index (χ4n) is 2.96. The molecule has 10 heteroatoms. The molecule has 0 radical (unpaired) electrons. The van der Waals surface area contributed by atoms with E-state index in [0.29, 0.717) is 22.9 Å². The smallest absolute Gasteiger partial charge is 0.281 e. The van der Waals surface area contributed by atoms with Crippen LogP contribution in [0.4, 0.5) is 8.78 Å². The van der Waals surface area contributed by atoms with E-state index < -0.39 is 16.2 Å². The first-order valence-electron chi connectivity index (χ1n) is 8.55. The van der Waals surface area contributed by atoms with E-state index in [9.17, 15) is 13.0 Å². The molecule has 7 nitrogen and oxygen atoms in total. The third kappa shape index (κ3) is 4.11. The summed E-state index contributed by atoms with van der Waals surface area (Å²) in [6.45, 7) is 0. The first kappa shape index (κ1) is 19.1. The Labute approximate surface area is 165 Å². The maximum atomic E-state index is 13.0. The minimum Gasteiger partial charge on any atom is -0.294 e. The molecule has 0 bridgehead atoms. The van der Waals surface area contributed by atoms with Crippen LogP contribution < -0.4 is 0 Å². The Balaban J connectivity index is 1.76. The molecule has 0 saturated heterocycles. The minimum absolute atomic E-state index is 0.148. The summed E-state index contributed by atoms with van der Waals surface area (Å²) < 4.78 is 46.9. The highest BCUT2D eigenvalue weighted by Gasteiger charge is 2.15. The number of hydrogen-bond donors (Lipinski definition) is 1. The molecule has 1 N–H and O–H groups in total. The molecule has 1 atom stereocenters. The van der Waals surface area contributed by atoms with Crippen LogP contribution in [0.2, 0.25) is 0 Å². The lowest BCUT2D eigenvalue weighted by atomic mass is 10.1. The van der Waals surface area contributed by atoms with Crippen molar-refractivity contribution in [3.8, 4) is 22.8 Å². The molecule has 0 spiro atoms. The summed E-state index contributed by atoms with van der Waals surface area (Å²) in [7, 11) is -2.67. The van der Waals surface area contributed by atoms with Crippen molar-refractivity contribution < 1.29 is 13.0 Å². The van der Waals surface area contributed by atoms with E-state index in [1.54, 1.807) is 12.3 Å². The Bertz CT molecular complexity index is 1300. The van der Waals surface area contributed by atoms with Gasteiger partial charge in [0.05, 0.1) is 23.8 Å². The molecule has 0 saturated carbocycles. The number of nitrogens with one attached hydrogen (secondary N) is 1. The van der Waals surface area contributed by atoms with Gasteiger partial charge >= 0.3 is 0 Å². The first-order valence-corrected chi connectivity index (χ1v) is 10.7. The van der Waals surface area contributed by atoms with Crippen molar-refractivity contribution in [2.24, 2.45) is 0 Å². The van der Waals surface area contributed by atoms with Crippen molar-refractivity contribution in [2.45, 2.75) is 12.2 Å². The highest BCUT2D eigenvalue weighted by Crippen LogP contribution is 2.24. The molecule has 4 rings (SSSR count). The summed E-state index contributed by atoms with van der Waals surface area (Å²) in [6.07, 6.45) is 4.29. The molecule has 0 fully saturated rings. The molecule has 1 unspecified atom stereocenters. The number of imidazole rings is 1. The van der Waals surface area contributed by atoms with E-state index in [1.165, 1.54) is 29.2 Å². The third-order valence-electron chi connectivity index (χ3n) is 4.19. The van der Waals surface area contributed by atoms with Gasteiger partial charge in [-0.25, -0.2) is 32.9 Å². The van der Waals surface area contributed by atoms with Crippen molar-refractivity contribution >= 4 is 15.4 Å². The molecule has 0 aliphatic heterocycles. The van der Waals surface area contributed by atoms with Crippen molar-refractivity contribution in [1.82, 2.24) is 24.3 Å². The van der Waals surface area contributed by atoms with Gasteiger partial charge in [-0.2, -0.15) is 0 Å². The zero-order valence-corrected chi connectivity index (χ0v) is 16.1. The molecular weight excluding hydrogens is 398 g/mol. The Morgan fingerprint density at radius 2 is 2.00 bits per heavy atom. The molecule has 148 valence electrons. The summed E-state index contributed by atoms with van der Waals surface area (Å²) in [5, 5.41) is 0. The van der Waals surface area contributed by atoms with Gasteiger partial charge in [-0.1, -0.05) is 18.2 Å². The van der Waals surface area contributed by atoms with Crippen LogP contribution in [0.1, 0.15) is 17.7 Å². The van der Waals surface area contributed by atoms with E-state index >= 15 is 0 Å². The number of alkyl halides is 2. The molecule has 0 aliphatic rings. The Morgan fingerprint density at radius 3 is 2.76 bits per heavy atom. The average Bonchev–Trinajstić information content (AvgIpc) is 3.10. The maximum absolute atomic E-state index is 13.0. The standard InChI is InChI=1S/C19H16F2N6OS/c1-29(22,28)11-12-3-2-4-13(7-12)14-5-6-23-19(26-14)16-8-25-17-9-24-15(18(20)21)10-27(16)17/h2-10,18,22H,11H2,1H3. The van der Waals surface area contributed by atoms with Crippen LogP contribution in [0.5, 0.6) is 0 Å². The van der Waals surface area contributed by atoms with Crippen molar-refractivity contribution in [2.75, 3.05) is 6.26 Å². The van der Waals surface area contributed by atoms with Gasteiger partial charge in [-0.15, -0.1) is 0 Å². The summed E-state index contributed by atoms with van der Waals surface area (Å²) in [6, 6.07) is 9.03. The molecule has 3 heterocycles. The second-order valence-electron chi connectivity index (χ2n) is 6.60. The van der Waals surface area contributed by atoms with Gasteiger partial charge in [0.2, 0.25) is 0 Å². The Kier molecular flexibility index (Phi) is 4.79. The highest BCUT2D eigenvalue weighted by molar-refractivity contribution is 7.90. The second kappa shape index (κ2) is 7.28. The van der Waals surface area contributed by atoms with Gasteiger partial charge in [-0.05, 0) is 17.7 Å². The largest absolute Gasteiger partial charge is 0.294 e. The molecular formula is C19H16F2N6OS. The minimum atomic E-state index is -2.70. The van der Waals surface area contributed by atoms with Crippen LogP contribution in [0.25, 0.3) is 28.4 Å². The summed E-state index contributed by atoms with van der Waals surface area (Å²) in [5.41, 5.74) is 2.67. The fourth-order valence-corrected chi connectivity index (χ4v) is 3.78. The third-order valence-corrected chi connectivity index (χ3v) is 5.07.